The molecular formula is C13H17NO3. The number of benzene rings is 1. The van der Waals surface area contributed by atoms with Gasteiger partial charge >= 0.3 is 0 Å². The molecule has 0 aromatic heterocycles. The summed E-state index contributed by atoms with van der Waals surface area (Å²) < 4.78 is 5.08. The van der Waals surface area contributed by atoms with Gasteiger partial charge < -0.3 is 14.7 Å². The maximum absolute atomic E-state index is 12.2. The quantitative estimate of drug-likeness (QED) is 0.851. The van der Waals surface area contributed by atoms with E-state index >= 15 is 0 Å². The number of hydrogen-bond donors (Lipinski definition) is 1. The Bertz CT molecular complexity index is 405. The molecule has 0 aliphatic carbocycles. The van der Waals surface area contributed by atoms with Gasteiger partial charge in [-0.1, -0.05) is 18.2 Å². The lowest BCUT2D eigenvalue weighted by Gasteiger charge is -2.17. The van der Waals surface area contributed by atoms with Crippen molar-refractivity contribution in [3.8, 4) is 0 Å². The van der Waals surface area contributed by atoms with Gasteiger partial charge in [0.2, 0.25) is 0 Å². The Balaban J connectivity index is 2.18. The number of likely N-dealkylation sites (tertiary alicyclic amines) is 1. The molecule has 1 aromatic carbocycles. The van der Waals surface area contributed by atoms with Crippen molar-refractivity contribution in [2.24, 2.45) is 0 Å². The van der Waals surface area contributed by atoms with Crippen LogP contribution in [0.3, 0.4) is 0 Å². The maximum atomic E-state index is 12.2. The highest BCUT2D eigenvalue weighted by molar-refractivity contribution is 5.95. The molecule has 0 radical (unpaired) electrons. The molecule has 1 aromatic rings. The maximum Gasteiger partial charge on any atom is 0.254 e. The number of β-amino-alcohol motifs (C(OH)–C–C–N with tert-alkyl or cyclic N) is 1. The summed E-state index contributed by atoms with van der Waals surface area (Å²) in [5, 5.41) is 9.45. The number of rotatable bonds is 3. The summed E-state index contributed by atoms with van der Waals surface area (Å²) in [6.45, 7) is 1.49. The Morgan fingerprint density at radius 3 is 2.94 bits per heavy atom. The van der Waals surface area contributed by atoms with Crippen LogP contribution in [0.4, 0.5) is 0 Å². The number of ether oxygens (including phenoxy) is 1. The predicted octanol–water partition coefficient (Wildman–Crippen LogP) is 1.04. The van der Waals surface area contributed by atoms with Gasteiger partial charge in [0.05, 0.1) is 12.7 Å². The standard InChI is InChI=1S/C13H17NO3/c1-17-9-10-4-2-3-5-12(10)13(16)14-7-6-11(15)8-14/h2-5,11,15H,6-9H2,1H3/t11-/m0/s1. The number of aliphatic hydroxyl groups is 1. The van der Waals surface area contributed by atoms with Gasteiger partial charge in [-0.3, -0.25) is 4.79 Å². The van der Waals surface area contributed by atoms with Gasteiger partial charge in [0.1, 0.15) is 0 Å². The Morgan fingerprint density at radius 2 is 2.29 bits per heavy atom. The SMILES string of the molecule is COCc1ccccc1C(=O)N1CC[C@H](O)C1. The highest BCUT2D eigenvalue weighted by atomic mass is 16.5. The van der Waals surface area contributed by atoms with Crippen molar-refractivity contribution in [3.05, 3.63) is 35.4 Å². The minimum atomic E-state index is -0.381. The van der Waals surface area contributed by atoms with E-state index in [1.807, 2.05) is 18.2 Å². The number of amides is 1. The van der Waals surface area contributed by atoms with Gasteiger partial charge in [-0.2, -0.15) is 0 Å². The number of carbonyl (C=O) groups is 1. The first-order valence-corrected chi connectivity index (χ1v) is 5.76. The summed E-state index contributed by atoms with van der Waals surface area (Å²) in [4.78, 5) is 13.9. The van der Waals surface area contributed by atoms with Crippen LogP contribution < -0.4 is 0 Å². The topological polar surface area (TPSA) is 49.8 Å². The van der Waals surface area contributed by atoms with E-state index in [4.69, 9.17) is 4.74 Å². The molecule has 0 bridgehead atoms. The number of carbonyl (C=O) groups excluding carboxylic acids is 1. The Labute approximate surface area is 101 Å². The summed E-state index contributed by atoms with van der Waals surface area (Å²) in [5.74, 6) is -0.0193. The van der Waals surface area contributed by atoms with Gasteiger partial charge in [0.15, 0.2) is 0 Å². The summed E-state index contributed by atoms with van der Waals surface area (Å²) in [5.41, 5.74) is 1.56. The van der Waals surface area contributed by atoms with Gasteiger partial charge in [0, 0.05) is 25.8 Å². The van der Waals surface area contributed by atoms with E-state index < -0.39 is 0 Å². The molecule has 1 aliphatic rings. The molecule has 0 saturated carbocycles. The lowest BCUT2D eigenvalue weighted by atomic mass is 10.1. The zero-order valence-corrected chi connectivity index (χ0v) is 9.93. The Hall–Kier alpha value is -1.39. The van der Waals surface area contributed by atoms with Crippen molar-refractivity contribution >= 4 is 5.91 Å². The Morgan fingerprint density at radius 1 is 1.53 bits per heavy atom. The second-order valence-electron chi connectivity index (χ2n) is 4.28. The predicted molar refractivity (Wildman–Crippen MR) is 63.7 cm³/mol. The van der Waals surface area contributed by atoms with Crippen molar-refractivity contribution in [2.75, 3.05) is 20.2 Å². The molecule has 4 nitrogen and oxygen atoms in total. The Kier molecular flexibility index (Phi) is 3.76. The van der Waals surface area contributed by atoms with Gasteiger partial charge in [0.25, 0.3) is 5.91 Å². The van der Waals surface area contributed by atoms with Crippen LogP contribution in [0.25, 0.3) is 0 Å². The number of hydrogen-bond acceptors (Lipinski definition) is 3. The first kappa shape index (κ1) is 12.1. The molecule has 1 fully saturated rings. The van der Waals surface area contributed by atoms with Crippen molar-refractivity contribution in [3.63, 3.8) is 0 Å². The molecule has 17 heavy (non-hydrogen) atoms. The summed E-state index contributed by atoms with van der Waals surface area (Å²) in [6, 6.07) is 7.44. The third-order valence-corrected chi connectivity index (χ3v) is 3.00. The van der Waals surface area contributed by atoms with Gasteiger partial charge in [-0.25, -0.2) is 0 Å². The van der Waals surface area contributed by atoms with Crippen LogP contribution in [0.5, 0.6) is 0 Å². The fourth-order valence-corrected chi connectivity index (χ4v) is 2.11. The van der Waals surface area contributed by atoms with Gasteiger partial charge in [-0.15, -0.1) is 0 Å². The van der Waals surface area contributed by atoms with Crippen molar-refractivity contribution in [1.29, 1.82) is 0 Å². The summed E-state index contributed by atoms with van der Waals surface area (Å²) in [6.07, 6.45) is 0.284. The van der Waals surface area contributed by atoms with Crippen LogP contribution in [-0.4, -0.2) is 42.2 Å². The van der Waals surface area contributed by atoms with E-state index in [9.17, 15) is 9.90 Å². The van der Waals surface area contributed by atoms with E-state index in [1.54, 1.807) is 18.1 Å². The monoisotopic (exact) mass is 235 g/mol. The minimum absolute atomic E-state index is 0.0193. The molecule has 0 unspecified atom stereocenters. The second-order valence-corrected chi connectivity index (χ2v) is 4.28. The van der Waals surface area contributed by atoms with Crippen molar-refractivity contribution in [2.45, 2.75) is 19.1 Å². The van der Waals surface area contributed by atoms with Crippen LogP contribution in [0, 0.1) is 0 Å². The third-order valence-electron chi connectivity index (χ3n) is 3.00. The van der Waals surface area contributed by atoms with E-state index in [-0.39, 0.29) is 12.0 Å². The zero-order chi connectivity index (χ0) is 12.3. The minimum Gasteiger partial charge on any atom is -0.391 e. The molecule has 0 spiro atoms. The van der Waals surface area contributed by atoms with Crippen LogP contribution in [0.2, 0.25) is 0 Å². The highest BCUT2D eigenvalue weighted by Crippen LogP contribution is 2.17. The number of methoxy groups -OCH3 is 1. The van der Waals surface area contributed by atoms with Crippen LogP contribution in [-0.2, 0) is 11.3 Å². The molecule has 2 rings (SSSR count). The highest BCUT2D eigenvalue weighted by Gasteiger charge is 2.26. The average Bonchev–Trinajstić information content (AvgIpc) is 2.76. The molecule has 1 amide bonds. The van der Waals surface area contributed by atoms with Crippen LogP contribution in [0.1, 0.15) is 22.3 Å². The first-order chi connectivity index (χ1) is 8.22. The largest absolute Gasteiger partial charge is 0.391 e. The van der Waals surface area contributed by atoms with Crippen LogP contribution >= 0.6 is 0 Å². The lowest BCUT2D eigenvalue weighted by Crippen LogP contribution is -2.30. The van der Waals surface area contributed by atoms with E-state index in [0.717, 1.165) is 5.56 Å². The lowest BCUT2D eigenvalue weighted by molar-refractivity contribution is 0.0760. The van der Waals surface area contributed by atoms with Crippen LogP contribution in [0.15, 0.2) is 24.3 Å². The second kappa shape index (κ2) is 5.29. The number of aliphatic hydroxyl groups excluding tert-OH is 1. The van der Waals surface area contributed by atoms with E-state index in [1.165, 1.54) is 0 Å². The molecule has 92 valence electrons. The van der Waals surface area contributed by atoms with Crippen molar-refractivity contribution in [1.82, 2.24) is 4.90 Å². The fourth-order valence-electron chi connectivity index (χ4n) is 2.11. The van der Waals surface area contributed by atoms with E-state index in [0.29, 0.717) is 31.7 Å². The average molecular weight is 235 g/mol. The summed E-state index contributed by atoms with van der Waals surface area (Å²) >= 11 is 0. The molecule has 1 saturated heterocycles. The fraction of sp³-hybridized carbons (Fsp3) is 0.462. The normalized spacial score (nSPS) is 19.6. The smallest absolute Gasteiger partial charge is 0.254 e. The molecular weight excluding hydrogens is 218 g/mol. The third kappa shape index (κ3) is 2.65. The molecule has 1 atom stereocenters. The van der Waals surface area contributed by atoms with Crippen molar-refractivity contribution < 1.29 is 14.6 Å². The molecule has 4 heteroatoms. The molecule has 1 heterocycles. The summed E-state index contributed by atoms with van der Waals surface area (Å²) in [7, 11) is 1.61. The van der Waals surface area contributed by atoms with E-state index in [2.05, 4.69) is 0 Å². The molecule has 1 aliphatic heterocycles. The first-order valence-electron chi connectivity index (χ1n) is 5.76. The van der Waals surface area contributed by atoms with Gasteiger partial charge in [-0.05, 0) is 18.1 Å². The zero-order valence-electron chi connectivity index (χ0n) is 9.93. The molecule has 1 N–H and O–H groups in total. The number of nitrogens with zero attached hydrogens (tertiary/aromatic N) is 1.